The maximum absolute atomic E-state index is 13.2. The van der Waals surface area contributed by atoms with Crippen LogP contribution in [-0.4, -0.2) is 44.7 Å². The lowest BCUT2D eigenvalue weighted by atomic mass is 10.0. The molecule has 32 heavy (non-hydrogen) atoms. The van der Waals surface area contributed by atoms with Crippen molar-refractivity contribution in [2.45, 2.75) is 67.8 Å². The van der Waals surface area contributed by atoms with E-state index in [1.54, 1.807) is 4.68 Å². The van der Waals surface area contributed by atoms with Crippen molar-refractivity contribution in [3.8, 4) is 5.88 Å². The van der Waals surface area contributed by atoms with E-state index in [0.717, 1.165) is 60.3 Å². The largest absolute Gasteiger partial charge is 0.475 e. The number of pyridine rings is 1. The highest BCUT2D eigenvalue weighted by Crippen LogP contribution is 2.58. The molecule has 2 aromatic heterocycles. The normalized spacial score (nSPS) is 23.6. The topological polar surface area (TPSA) is 137 Å². The summed E-state index contributed by atoms with van der Waals surface area (Å²) in [4.78, 5) is 18.1. The van der Waals surface area contributed by atoms with Crippen LogP contribution in [0.2, 0.25) is 0 Å². The van der Waals surface area contributed by atoms with Crippen LogP contribution in [0.1, 0.15) is 48.2 Å². The molecule has 0 radical (unpaired) electrons. The first kappa shape index (κ1) is 20.1. The van der Waals surface area contributed by atoms with E-state index >= 15 is 0 Å². The number of likely N-dealkylation sites (N-methyl/N-ethyl adjacent to an activating group) is 1. The van der Waals surface area contributed by atoms with Crippen molar-refractivity contribution in [3.05, 3.63) is 28.7 Å². The molecular weight excluding hydrogens is 430 g/mol. The minimum Gasteiger partial charge on any atom is -0.475 e. The monoisotopic (exact) mass is 457 g/mol. The Hall–Kier alpha value is -2.50. The Kier molecular flexibility index (Phi) is 4.40. The quantitative estimate of drug-likeness (QED) is 0.641. The van der Waals surface area contributed by atoms with Gasteiger partial charge >= 0.3 is 6.03 Å². The summed E-state index contributed by atoms with van der Waals surface area (Å²) in [5.41, 5.74) is 5.49. The van der Waals surface area contributed by atoms with Crippen LogP contribution in [0.15, 0.2) is 15.5 Å². The van der Waals surface area contributed by atoms with Crippen molar-refractivity contribution >= 4 is 21.6 Å². The number of nitrogens with zero attached hydrogens (tertiary/aromatic N) is 4. The van der Waals surface area contributed by atoms with Gasteiger partial charge in [-0.15, -0.1) is 4.36 Å². The lowest BCUT2D eigenvalue weighted by Gasteiger charge is -2.24. The molecule has 0 bridgehead atoms. The third kappa shape index (κ3) is 3.06. The molecule has 0 aromatic carbocycles. The van der Waals surface area contributed by atoms with Gasteiger partial charge in [-0.3, -0.25) is 4.98 Å². The number of nitrogens with two attached hydrogens (primary N) is 1. The van der Waals surface area contributed by atoms with Crippen LogP contribution < -0.4 is 20.5 Å². The van der Waals surface area contributed by atoms with Crippen molar-refractivity contribution in [1.29, 1.82) is 0 Å². The second kappa shape index (κ2) is 7.00. The molecule has 4 N–H and O–H groups in total. The molecule has 2 unspecified atom stereocenters. The average molecular weight is 458 g/mol. The smallest absolute Gasteiger partial charge is 0.354 e. The maximum Gasteiger partial charge on any atom is 0.354 e. The molecule has 1 aliphatic heterocycles. The standard InChI is InChI=1S/C21H27N7O3S/c1-23-12-10-28-19(31-11-12)16(9-24-28)32(22,30)27-20(29)26-17-13-3-2-4-15(13)25-18-14(17)5-6-21(18)7-8-21/h9,12,23H,2-8,10-11H2,1H3,(H3,22,25,26,27,29,30). The van der Waals surface area contributed by atoms with Crippen LogP contribution in [-0.2, 0) is 41.1 Å². The summed E-state index contributed by atoms with van der Waals surface area (Å²) in [5, 5.41) is 16.3. The summed E-state index contributed by atoms with van der Waals surface area (Å²) in [6.45, 7) is 0.957. The SMILES string of the molecule is CNC1COc2c(S(N)(=O)=NC(=O)Nc3c4c(nc5c3CCC53CC3)CCC4)cnn2C1. The van der Waals surface area contributed by atoms with Crippen LogP contribution in [0.4, 0.5) is 10.5 Å². The van der Waals surface area contributed by atoms with Gasteiger partial charge in [-0.2, -0.15) is 5.10 Å². The number of urea groups is 1. The Bertz CT molecular complexity index is 1260. The third-order valence-corrected chi connectivity index (χ3v) is 8.63. The van der Waals surface area contributed by atoms with Crippen molar-refractivity contribution in [2.75, 3.05) is 19.0 Å². The molecule has 3 aliphatic carbocycles. The second-order valence-electron chi connectivity index (χ2n) is 9.26. The van der Waals surface area contributed by atoms with E-state index in [4.69, 9.17) is 14.9 Å². The first-order valence-electron chi connectivity index (χ1n) is 11.2. The number of aryl methyl sites for hydroxylation is 1. The van der Waals surface area contributed by atoms with Gasteiger partial charge in [0.15, 0.2) is 9.92 Å². The first-order chi connectivity index (χ1) is 15.4. The van der Waals surface area contributed by atoms with E-state index in [1.807, 2.05) is 7.05 Å². The highest BCUT2D eigenvalue weighted by atomic mass is 32.2. The summed E-state index contributed by atoms with van der Waals surface area (Å²) < 4.78 is 24.4. The number of anilines is 1. The van der Waals surface area contributed by atoms with Crippen LogP contribution in [0.5, 0.6) is 5.88 Å². The second-order valence-corrected chi connectivity index (χ2v) is 11.0. The van der Waals surface area contributed by atoms with E-state index in [-0.39, 0.29) is 16.4 Å². The maximum atomic E-state index is 13.2. The molecule has 0 saturated heterocycles. The van der Waals surface area contributed by atoms with Gasteiger partial charge < -0.3 is 15.4 Å². The summed E-state index contributed by atoms with van der Waals surface area (Å²) >= 11 is 0. The average Bonchev–Trinajstić information content (AvgIpc) is 3.10. The fourth-order valence-corrected chi connectivity index (χ4v) is 6.33. The number of fused-ring (bicyclic) bond motifs is 4. The van der Waals surface area contributed by atoms with Gasteiger partial charge in [-0.1, -0.05) is 0 Å². The van der Waals surface area contributed by atoms with Gasteiger partial charge in [-0.25, -0.2) is 18.8 Å². The van der Waals surface area contributed by atoms with Gasteiger partial charge in [-0.05, 0) is 63.1 Å². The zero-order chi connectivity index (χ0) is 22.1. The number of carbonyl (C=O) groups is 1. The fraction of sp³-hybridized carbons (Fsp3) is 0.571. The summed E-state index contributed by atoms with van der Waals surface area (Å²) in [6, 6.07) is -0.615. The van der Waals surface area contributed by atoms with Crippen LogP contribution in [0.25, 0.3) is 0 Å². The van der Waals surface area contributed by atoms with E-state index < -0.39 is 15.9 Å². The third-order valence-electron chi connectivity index (χ3n) is 7.28. The molecule has 10 nitrogen and oxygen atoms in total. The minimum atomic E-state index is -3.52. The molecule has 2 aromatic rings. The molecule has 2 atom stereocenters. The number of hydrogen-bond acceptors (Lipinski definition) is 6. The highest BCUT2D eigenvalue weighted by Gasteiger charge is 2.51. The molecule has 1 spiro atoms. The number of hydrogen-bond donors (Lipinski definition) is 3. The van der Waals surface area contributed by atoms with Crippen molar-refractivity contribution in [1.82, 2.24) is 20.1 Å². The van der Waals surface area contributed by atoms with Crippen molar-refractivity contribution < 1.29 is 13.7 Å². The van der Waals surface area contributed by atoms with E-state index in [9.17, 15) is 9.00 Å². The lowest BCUT2D eigenvalue weighted by molar-refractivity contribution is 0.184. The van der Waals surface area contributed by atoms with E-state index in [2.05, 4.69) is 20.1 Å². The van der Waals surface area contributed by atoms with Crippen LogP contribution in [0, 0.1) is 0 Å². The Balaban J connectivity index is 1.33. The number of carbonyl (C=O) groups excluding carboxylic acids is 1. The number of ether oxygens (including phenoxy) is 1. The number of nitrogens with one attached hydrogen (secondary N) is 2. The Labute approximate surface area is 186 Å². The van der Waals surface area contributed by atoms with E-state index in [0.29, 0.717) is 19.0 Å². The molecule has 6 rings (SSSR count). The predicted octanol–water partition coefficient (Wildman–Crippen LogP) is 1.66. The Morgan fingerprint density at radius 3 is 2.94 bits per heavy atom. The molecule has 11 heteroatoms. The van der Waals surface area contributed by atoms with Gasteiger partial charge in [0, 0.05) is 11.1 Å². The van der Waals surface area contributed by atoms with Gasteiger partial charge in [0.2, 0.25) is 5.88 Å². The molecule has 2 amide bonds. The minimum absolute atomic E-state index is 0.0926. The molecule has 170 valence electrons. The van der Waals surface area contributed by atoms with Crippen molar-refractivity contribution in [2.24, 2.45) is 9.50 Å². The number of amides is 2. The summed E-state index contributed by atoms with van der Waals surface area (Å²) in [6.07, 6.45) is 8.54. The predicted molar refractivity (Wildman–Crippen MR) is 118 cm³/mol. The molecular formula is C21H27N7O3S. The Morgan fingerprint density at radius 1 is 1.31 bits per heavy atom. The van der Waals surface area contributed by atoms with Crippen molar-refractivity contribution in [3.63, 3.8) is 0 Å². The molecule has 1 saturated carbocycles. The molecule has 4 aliphatic rings. The van der Waals surface area contributed by atoms with E-state index in [1.165, 1.54) is 19.0 Å². The fourth-order valence-electron chi connectivity index (χ4n) is 5.33. The Morgan fingerprint density at radius 2 is 2.16 bits per heavy atom. The van der Waals surface area contributed by atoms with Crippen LogP contribution >= 0.6 is 0 Å². The first-order valence-corrected chi connectivity index (χ1v) is 12.7. The lowest BCUT2D eigenvalue weighted by Crippen LogP contribution is -2.40. The molecule has 3 heterocycles. The zero-order valence-corrected chi connectivity index (χ0v) is 18.8. The van der Waals surface area contributed by atoms with Gasteiger partial charge in [0.05, 0.1) is 30.2 Å². The van der Waals surface area contributed by atoms with Crippen LogP contribution in [0.3, 0.4) is 0 Å². The summed E-state index contributed by atoms with van der Waals surface area (Å²) in [5.74, 6) is 0.307. The number of aromatic nitrogens is 3. The van der Waals surface area contributed by atoms with Gasteiger partial charge in [0.25, 0.3) is 0 Å². The zero-order valence-electron chi connectivity index (χ0n) is 18.0. The number of rotatable bonds is 3. The molecule has 1 fully saturated rings. The van der Waals surface area contributed by atoms with Gasteiger partial charge in [0.1, 0.15) is 11.5 Å². The summed E-state index contributed by atoms with van der Waals surface area (Å²) in [7, 11) is -1.68. The highest BCUT2D eigenvalue weighted by molar-refractivity contribution is 7.91.